The number of carbonyl (C=O) groups is 1. The topological polar surface area (TPSA) is 66.1 Å². The first-order valence-corrected chi connectivity index (χ1v) is 5.64. The molecule has 0 spiro atoms. The zero-order valence-electron chi connectivity index (χ0n) is 10.5. The molecule has 0 atom stereocenters. The maximum atomic E-state index is 13.6. The van der Waals surface area contributed by atoms with Crippen molar-refractivity contribution in [3.63, 3.8) is 0 Å². The maximum Gasteiger partial charge on any atom is 0.376 e. The SMILES string of the molecule is CCOC(=O)c1nn(-c2ccccc2F)c(=O)n1C. The van der Waals surface area contributed by atoms with Crippen LogP contribution in [0.5, 0.6) is 0 Å². The molecular formula is C12H12FN3O3. The Kier molecular flexibility index (Phi) is 3.46. The van der Waals surface area contributed by atoms with Crippen molar-refractivity contribution >= 4 is 5.97 Å². The Hall–Kier alpha value is -2.44. The fraction of sp³-hybridized carbons (Fsp3) is 0.250. The van der Waals surface area contributed by atoms with E-state index in [1.54, 1.807) is 13.0 Å². The van der Waals surface area contributed by atoms with Gasteiger partial charge in [0, 0.05) is 7.05 Å². The largest absolute Gasteiger partial charge is 0.460 e. The van der Waals surface area contributed by atoms with Crippen molar-refractivity contribution in [2.75, 3.05) is 6.61 Å². The third kappa shape index (κ3) is 2.26. The third-order valence-electron chi connectivity index (χ3n) is 2.52. The van der Waals surface area contributed by atoms with Gasteiger partial charge in [0.1, 0.15) is 11.5 Å². The fourth-order valence-corrected chi connectivity index (χ4v) is 1.59. The second-order valence-electron chi connectivity index (χ2n) is 3.75. The lowest BCUT2D eigenvalue weighted by Gasteiger charge is -2.00. The van der Waals surface area contributed by atoms with Gasteiger partial charge in [-0.15, -0.1) is 5.10 Å². The molecule has 2 rings (SSSR count). The van der Waals surface area contributed by atoms with Gasteiger partial charge in [0.2, 0.25) is 5.82 Å². The number of ether oxygens (including phenoxy) is 1. The summed E-state index contributed by atoms with van der Waals surface area (Å²) in [4.78, 5) is 23.5. The molecule has 6 nitrogen and oxygen atoms in total. The summed E-state index contributed by atoms with van der Waals surface area (Å²) >= 11 is 0. The standard InChI is InChI=1S/C12H12FN3O3/c1-3-19-11(17)10-14-16(12(18)15(10)2)9-7-5-4-6-8(9)13/h4-7H,3H2,1-2H3. The van der Waals surface area contributed by atoms with E-state index >= 15 is 0 Å². The summed E-state index contributed by atoms with van der Waals surface area (Å²) in [5, 5.41) is 3.81. The minimum Gasteiger partial charge on any atom is -0.460 e. The van der Waals surface area contributed by atoms with Crippen molar-refractivity contribution in [1.82, 2.24) is 14.3 Å². The summed E-state index contributed by atoms with van der Waals surface area (Å²) in [6.45, 7) is 1.81. The predicted molar refractivity (Wildman–Crippen MR) is 64.7 cm³/mol. The van der Waals surface area contributed by atoms with Crippen LogP contribution in [0.15, 0.2) is 29.1 Å². The maximum absolute atomic E-state index is 13.6. The molecule has 0 N–H and O–H groups in total. The van der Waals surface area contributed by atoms with E-state index in [2.05, 4.69) is 5.10 Å². The van der Waals surface area contributed by atoms with Gasteiger partial charge in [-0.05, 0) is 19.1 Å². The number of rotatable bonds is 3. The molecule has 7 heteroatoms. The van der Waals surface area contributed by atoms with E-state index in [1.165, 1.54) is 25.2 Å². The van der Waals surface area contributed by atoms with Crippen molar-refractivity contribution in [3.8, 4) is 5.69 Å². The molecule has 0 bridgehead atoms. The minimum absolute atomic E-state index is 0.0151. The Bertz CT molecular complexity index is 675. The third-order valence-corrected chi connectivity index (χ3v) is 2.52. The molecule has 2 aromatic rings. The summed E-state index contributed by atoms with van der Waals surface area (Å²) in [7, 11) is 1.37. The number of hydrogen-bond acceptors (Lipinski definition) is 4. The number of hydrogen-bond donors (Lipinski definition) is 0. The Morgan fingerprint density at radius 3 is 2.74 bits per heavy atom. The van der Waals surface area contributed by atoms with Gasteiger partial charge in [0.05, 0.1) is 6.61 Å². The smallest absolute Gasteiger partial charge is 0.376 e. The van der Waals surface area contributed by atoms with Crippen molar-refractivity contribution in [2.24, 2.45) is 7.05 Å². The molecule has 1 aromatic heterocycles. The molecule has 0 aliphatic carbocycles. The highest BCUT2D eigenvalue weighted by molar-refractivity contribution is 5.85. The first kappa shape index (κ1) is 13.0. The summed E-state index contributed by atoms with van der Waals surface area (Å²) in [5.74, 6) is -1.49. The molecule has 100 valence electrons. The van der Waals surface area contributed by atoms with Crippen LogP contribution < -0.4 is 5.69 Å². The quantitative estimate of drug-likeness (QED) is 0.773. The van der Waals surface area contributed by atoms with Crippen LogP contribution in [0.1, 0.15) is 17.5 Å². The zero-order valence-corrected chi connectivity index (χ0v) is 10.5. The van der Waals surface area contributed by atoms with Gasteiger partial charge in [-0.25, -0.2) is 14.0 Å². The van der Waals surface area contributed by atoms with Gasteiger partial charge in [-0.3, -0.25) is 4.57 Å². The van der Waals surface area contributed by atoms with E-state index in [1.807, 2.05) is 0 Å². The number of halogens is 1. The minimum atomic E-state index is -0.725. The Morgan fingerprint density at radius 1 is 1.42 bits per heavy atom. The van der Waals surface area contributed by atoms with Gasteiger partial charge in [0.25, 0.3) is 0 Å². The Labute approximate surface area is 108 Å². The molecule has 0 amide bonds. The van der Waals surface area contributed by atoms with Gasteiger partial charge >= 0.3 is 11.7 Å². The molecule has 1 aromatic carbocycles. The summed E-state index contributed by atoms with van der Waals surface area (Å²) in [6.07, 6.45) is 0. The van der Waals surface area contributed by atoms with E-state index in [-0.39, 0.29) is 18.1 Å². The highest BCUT2D eigenvalue weighted by Gasteiger charge is 2.20. The van der Waals surface area contributed by atoms with Crippen LogP contribution in [0.3, 0.4) is 0 Å². The van der Waals surface area contributed by atoms with Crippen molar-refractivity contribution in [2.45, 2.75) is 6.92 Å². The Balaban J connectivity index is 2.56. The summed E-state index contributed by atoms with van der Waals surface area (Å²) in [5.41, 5.74) is -0.633. The van der Waals surface area contributed by atoms with E-state index < -0.39 is 17.5 Å². The number of para-hydroxylation sites is 1. The molecule has 0 aliphatic heterocycles. The lowest BCUT2D eigenvalue weighted by atomic mass is 10.3. The van der Waals surface area contributed by atoms with Crippen LogP contribution in [0.25, 0.3) is 5.69 Å². The number of benzene rings is 1. The number of carbonyl (C=O) groups excluding carboxylic acids is 1. The average Bonchev–Trinajstić information content (AvgIpc) is 2.68. The fourth-order valence-electron chi connectivity index (χ4n) is 1.59. The van der Waals surface area contributed by atoms with Gasteiger partial charge < -0.3 is 4.74 Å². The lowest BCUT2D eigenvalue weighted by molar-refractivity contribution is 0.0506. The molecule has 0 fully saturated rings. The lowest BCUT2D eigenvalue weighted by Crippen LogP contribution is -2.23. The van der Waals surface area contributed by atoms with E-state index in [0.717, 1.165) is 9.25 Å². The molecule has 0 saturated carbocycles. The van der Waals surface area contributed by atoms with Gasteiger partial charge in [-0.2, -0.15) is 4.68 Å². The molecule has 0 radical (unpaired) electrons. The number of aromatic nitrogens is 3. The molecular weight excluding hydrogens is 253 g/mol. The van der Waals surface area contributed by atoms with Crippen LogP contribution in [0, 0.1) is 5.82 Å². The normalized spacial score (nSPS) is 10.5. The zero-order chi connectivity index (χ0) is 14.0. The van der Waals surface area contributed by atoms with Crippen LogP contribution in [-0.2, 0) is 11.8 Å². The number of nitrogens with zero attached hydrogens (tertiary/aromatic N) is 3. The molecule has 1 heterocycles. The highest BCUT2D eigenvalue weighted by Crippen LogP contribution is 2.09. The highest BCUT2D eigenvalue weighted by atomic mass is 19.1. The van der Waals surface area contributed by atoms with Crippen molar-refractivity contribution in [3.05, 3.63) is 46.4 Å². The first-order valence-electron chi connectivity index (χ1n) is 5.64. The van der Waals surface area contributed by atoms with E-state index in [4.69, 9.17) is 4.74 Å². The first-order chi connectivity index (χ1) is 9.06. The van der Waals surface area contributed by atoms with Crippen LogP contribution in [-0.4, -0.2) is 26.9 Å². The van der Waals surface area contributed by atoms with Crippen LogP contribution in [0.4, 0.5) is 4.39 Å². The second-order valence-corrected chi connectivity index (χ2v) is 3.75. The molecule has 0 saturated heterocycles. The Morgan fingerprint density at radius 2 is 2.11 bits per heavy atom. The van der Waals surface area contributed by atoms with Crippen LogP contribution in [0.2, 0.25) is 0 Å². The van der Waals surface area contributed by atoms with Gasteiger partial charge in [-0.1, -0.05) is 12.1 Å². The average molecular weight is 265 g/mol. The molecule has 0 aliphatic rings. The molecule has 0 unspecified atom stereocenters. The summed E-state index contributed by atoms with van der Waals surface area (Å²) in [6, 6.07) is 5.68. The van der Waals surface area contributed by atoms with Crippen molar-refractivity contribution < 1.29 is 13.9 Å². The molecule has 19 heavy (non-hydrogen) atoms. The summed E-state index contributed by atoms with van der Waals surface area (Å²) < 4.78 is 20.2. The van der Waals surface area contributed by atoms with Gasteiger partial charge in [0.15, 0.2) is 0 Å². The van der Waals surface area contributed by atoms with E-state index in [9.17, 15) is 14.0 Å². The second kappa shape index (κ2) is 5.05. The monoisotopic (exact) mass is 265 g/mol. The van der Waals surface area contributed by atoms with Crippen molar-refractivity contribution in [1.29, 1.82) is 0 Å². The van der Waals surface area contributed by atoms with E-state index in [0.29, 0.717) is 0 Å². The predicted octanol–water partition coefficient (Wildman–Crippen LogP) is 0.887. The van der Waals surface area contributed by atoms with Crippen LogP contribution >= 0.6 is 0 Å². The number of esters is 1.